The minimum absolute atomic E-state index is 0.323. The van der Waals surface area contributed by atoms with E-state index in [2.05, 4.69) is 104 Å². The van der Waals surface area contributed by atoms with Crippen LogP contribution >= 0.6 is 0 Å². The fraction of sp³-hybridized carbons (Fsp3) is 0.171. The van der Waals surface area contributed by atoms with Crippen LogP contribution in [0.25, 0.3) is 76.4 Å². The number of nitrogens with one attached hydrogen (secondary N) is 2. The van der Waals surface area contributed by atoms with E-state index in [0.717, 1.165) is 55.4 Å². The molecule has 0 amide bonds. The van der Waals surface area contributed by atoms with Gasteiger partial charge in [-0.1, -0.05) is 70.2 Å². The number of nitrogens with zero attached hydrogens (tertiary/aromatic N) is 3. The molecule has 0 saturated carbocycles. The van der Waals surface area contributed by atoms with Crippen molar-refractivity contribution in [2.75, 3.05) is 0 Å². The van der Waals surface area contributed by atoms with E-state index in [9.17, 15) is 0 Å². The highest BCUT2D eigenvalue weighted by atomic mass is 14.9. The van der Waals surface area contributed by atoms with Gasteiger partial charge in [0.1, 0.15) is 11.6 Å². The van der Waals surface area contributed by atoms with Crippen LogP contribution in [0.5, 0.6) is 0 Å². The van der Waals surface area contributed by atoms with Crippen LogP contribution in [0.1, 0.15) is 51.2 Å². The number of hydrogen-bond acceptors (Lipinski definition) is 3. The highest BCUT2D eigenvalue weighted by molar-refractivity contribution is 6.22. The number of imidazole rings is 2. The molecule has 0 atom stereocenters. The van der Waals surface area contributed by atoms with Crippen LogP contribution < -0.4 is 0 Å². The maximum atomic E-state index is 4.96. The quantitative estimate of drug-likeness (QED) is 0.228. The number of aromatic amines is 2. The van der Waals surface area contributed by atoms with E-state index in [1.807, 2.05) is 12.3 Å². The fourth-order valence-corrected chi connectivity index (χ4v) is 6.09. The first kappa shape index (κ1) is 23.1. The predicted molar refractivity (Wildman–Crippen MR) is 167 cm³/mol. The average molecular weight is 520 g/mol. The van der Waals surface area contributed by atoms with Gasteiger partial charge in [-0.05, 0) is 57.6 Å². The van der Waals surface area contributed by atoms with Crippen molar-refractivity contribution in [2.24, 2.45) is 0 Å². The van der Waals surface area contributed by atoms with Crippen LogP contribution in [-0.4, -0.2) is 24.9 Å². The summed E-state index contributed by atoms with van der Waals surface area (Å²) in [6.45, 7) is 8.68. The van der Waals surface area contributed by atoms with Crippen molar-refractivity contribution in [3.8, 4) is 11.1 Å². The average Bonchev–Trinajstić information content (AvgIpc) is 3.63. The monoisotopic (exact) mass is 519 g/mol. The summed E-state index contributed by atoms with van der Waals surface area (Å²) in [7, 11) is 0. The first-order chi connectivity index (χ1) is 19.5. The lowest BCUT2D eigenvalue weighted by atomic mass is 9.95. The highest BCUT2D eigenvalue weighted by Crippen LogP contribution is 2.38. The van der Waals surface area contributed by atoms with Gasteiger partial charge in [-0.3, -0.25) is 4.98 Å². The molecule has 8 aromatic rings. The second-order valence-electron chi connectivity index (χ2n) is 11.5. The molecule has 0 aliphatic rings. The Hall–Kier alpha value is -4.77. The SMILES string of the molecule is CC(C)c1nc2c(ccc3c4ccc(-c5ccc6c(c5)c5ncccc5c5nc(C(C)C)[nH]c65)cc4ccc32)[nH]1. The zero-order valence-electron chi connectivity index (χ0n) is 23.0. The number of rotatable bonds is 3. The Labute approximate surface area is 231 Å². The van der Waals surface area contributed by atoms with Crippen LogP contribution in [0.15, 0.2) is 79.0 Å². The Morgan fingerprint density at radius 3 is 2.08 bits per heavy atom. The van der Waals surface area contributed by atoms with Gasteiger partial charge >= 0.3 is 0 Å². The molecular weight excluding hydrogens is 490 g/mol. The van der Waals surface area contributed by atoms with Gasteiger partial charge in [0.2, 0.25) is 0 Å². The number of fused-ring (bicyclic) bond motifs is 11. The molecule has 3 aromatic heterocycles. The van der Waals surface area contributed by atoms with Gasteiger partial charge in [0.15, 0.2) is 0 Å². The molecular formula is C35H29N5. The molecule has 8 rings (SSSR count). The molecule has 2 N–H and O–H groups in total. The van der Waals surface area contributed by atoms with Crippen LogP contribution in [0.2, 0.25) is 0 Å². The minimum atomic E-state index is 0.323. The van der Waals surface area contributed by atoms with Gasteiger partial charge in [0.25, 0.3) is 0 Å². The summed E-state index contributed by atoms with van der Waals surface area (Å²) in [5.41, 5.74) is 7.58. The molecule has 0 saturated heterocycles. The second-order valence-corrected chi connectivity index (χ2v) is 11.5. The predicted octanol–water partition coefficient (Wildman–Crippen LogP) is 9.36. The number of benzene rings is 5. The lowest BCUT2D eigenvalue weighted by molar-refractivity contribution is 0.799. The van der Waals surface area contributed by atoms with Gasteiger partial charge in [-0.2, -0.15) is 0 Å². The molecule has 0 fully saturated rings. The van der Waals surface area contributed by atoms with Crippen LogP contribution in [0, 0.1) is 0 Å². The number of pyridine rings is 1. The molecule has 3 heterocycles. The highest BCUT2D eigenvalue weighted by Gasteiger charge is 2.16. The topological polar surface area (TPSA) is 70.2 Å². The maximum absolute atomic E-state index is 4.96. The molecule has 0 bridgehead atoms. The molecule has 0 aliphatic heterocycles. The third-order valence-corrected chi connectivity index (χ3v) is 8.24. The van der Waals surface area contributed by atoms with Crippen LogP contribution in [0.4, 0.5) is 0 Å². The number of hydrogen-bond donors (Lipinski definition) is 2. The van der Waals surface area contributed by atoms with Crippen LogP contribution in [-0.2, 0) is 0 Å². The molecule has 40 heavy (non-hydrogen) atoms. The first-order valence-corrected chi connectivity index (χ1v) is 14.0. The van der Waals surface area contributed by atoms with Crippen LogP contribution in [0.3, 0.4) is 0 Å². The van der Waals surface area contributed by atoms with E-state index in [1.165, 1.54) is 32.7 Å². The van der Waals surface area contributed by atoms with Gasteiger partial charge in [-0.25, -0.2) is 9.97 Å². The standard InChI is InChI=1S/C35H29N5/c1-18(2)34-37-29-14-13-24-23-10-7-20(16-22(23)9-12-25(24)31(29)38-34)21-8-11-26-28(17-21)30-27(6-5-15-36-30)33-32(26)39-35(40-33)19(3)4/h5-19H,1-4H3,(H,37,38)(H,39,40). The molecule has 0 aliphatic carbocycles. The van der Waals surface area contributed by atoms with Gasteiger partial charge in [0.05, 0.1) is 27.6 Å². The smallest absolute Gasteiger partial charge is 0.109 e. The summed E-state index contributed by atoms with van der Waals surface area (Å²) in [4.78, 5) is 21.8. The number of H-pyrrole nitrogens is 2. The van der Waals surface area contributed by atoms with E-state index < -0.39 is 0 Å². The van der Waals surface area contributed by atoms with Crippen molar-refractivity contribution in [3.05, 3.63) is 90.6 Å². The van der Waals surface area contributed by atoms with E-state index in [-0.39, 0.29) is 0 Å². The van der Waals surface area contributed by atoms with Crippen molar-refractivity contribution in [1.82, 2.24) is 24.9 Å². The lowest BCUT2D eigenvalue weighted by Gasteiger charge is -2.10. The van der Waals surface area contributed by atoms with E-state index in [1.54, 1.807) is 0 Å². The minimum Gasteiger partial charge on any atom is -0.342 e. The Morgan fingerprint density at radius 1 is 0.550 bits per heavy atom. The Balaban J connectivity index is 1.32. The molecule has 5 nitrogen and oxygen atoms in total. The zero-order chi connectivity index (χ0) is 27.1. The zero-order valence-corrected chi connectivity index (χ0v) is 23.0. The summed E-state index contributed by atoms with van der Waals surface area (Å²) < 4.78 is 0. The molecule has 5 aromatic carbocycles. The number of aromatic nitrogens is 5. The maximum Gasteiger partial charge on any atom is 0.109 e. The van der Waals surface area contributed by atoms with Crippen molar-refractivity contribution in [2.45, 2.75) is 39.5 Å². The van der Waals surface area contributed by atoms with Gasteiger partial charge in [0, 0.05) is 39.6 Å². The van der Waals surface area contributed by atoms with Crippen molar-refractivity contribution < 1.29 is 0 Å². The molecule has 0 unspecified atom stereocenters. The van der Waals surface area contributed by atoms with Gasteiger partial charge < -0.3 is 9.97 Å². The second kappa shape index (κ2) is 8.36. The van der Waals surface area contributed by atoms with Crippen molar-refractivity contribution in [3.63, 3.8) is 0 Å². The van der Waals surface area contributed by atoms with E-state index in [0.29, 0.717) is 11.8 Å². The fourth-order valence-electron chi connectivity index (χ4n) is 6.09. The normalized spacial score (nSPS) is 12.4. The summed E-state index contributed by atoms with van der Waals surface area (Å²) in [5, 5.41) is 8.26. The Kier molecular flexibility index (Phi) is 4.84. The summed E-state index contributed by atoms with van der Waals surface area (Å²) >= 11 is 0. The third kappa shape index (κ3) is 3.30. The molecule has 0 spiro atoms. The van der Waals surface area contributed by atoms with Gasteiger partial charge in [-0.15, -0.1) is 0 Å². The van der Waals surface area contributed by atoms with E-state index >= 15 is 0 Å². The third-order valence-electron chi connectivity index (χ3n) is 8.24. The summed E-state index contributed by atoms with van der Waals surface area (Å²) in [6.07, 6.45) is 1.87. The lowest BCUT2D eigenvalue weighted by Crippen LogP contribution is -1.88. The Bertz CT molecular complexity index is 2280. The molecule has 194 valence electrons. The van der Waals surface area contributed by atoms with E-state index in [4.69, 9.17) is 15.0 Å². The molecule has 0 radical (unpaired) electrons. The Morgan fingerprint density at radius 2 is 1.25 bits per heavy atom. The summed E-state index contributed by atoms with van der Waals surface area (Å²) in [6, 6.07) is 26.4. The largest absolute Gasteiger partial charge is 0.342 e. The van der Waals surface area contributed by atoms with Crippen molar-refractivity contribution >= 4 is 65.3 Å². The first-order valence-electron chi connectivity index (χ1n) is 14.0. The summed E-state index contributed by atoms with van der Waals surface area (Å²) in [5.74, 6) is 2.72. The van der Waals surface area contributed by atoms with Crippen molar-refractivity contribution in [1.29, 1.82) is 0 Å². The molecule has 5 heteroatoms.